The van der Waals surface area contributed by atoms with Gasteiger partial charge in [0.2, 0.25) is 0 Å². The molecular weight excluding hydrogens is 151 g/mol. The lowest BCUT2D eigenvalue weighted by atomic mass is 10.7. The second kappa shape index (κ2) is 3.79. The quantitative estimate of drug-likeness (QED) is 0.472. The summed E-state index contributed by atoms with van der Waals surface area (Å²) in [7, 11) is -2.85. The van der Waals surface area contributed by atoms with Gasteiger partial charge in [0.05, 0.1) is 12.4 Å². The highest BCUT2D eigenvalue weighted by molar-refractivity contribution is 7.53. The molecule has 0 aliphatic heterocycles. The van der Waals surface area contributed by atoms with E-state index in [2.05, 4.69) is 6.58 Å². The predicted molar refractivity (Wildman–Crippen MR) is 41.1 cm³/mol. The molecule has 0 aromatic rings. The van der Waals surface area contributed by atoms with Crippen LogP contribution in [0.2, 0.25) is 0 Å². The Bertz CT molecular complexity index is 164. The average Bonchev–Trinajstić information content (AvgIpc) is 1.59. The van der Waals surface area contributed by atoms with Crippen LogP contribution < -0.4 is 0 Å². The topological polar surface area (TPSA) is 35.5 Å². The third-order valence-electron chi connectivity index (χ3n) is 0.685. The van der Waals surface area contributed by atoms with Crippen LogP contribution in [0.3, 0.4) is 0 Å². The Hall–Kier alpha value is -0.270. The van der Waals surface area contributed by atoms with E-state index >= 15 is 0 Å². The molecule has 10 heavy (non-hydrogen) atoms. The normalized spacial score (nSPS) is 15.9. The monoisotopic (exact) mass is 164 g/mol. The van der Waals surface area contributed by atoms with E-state index in [0.29, 0.717) is 12.4 Å². The van der Waals surface area contributed by atoms with Crippen LogP contribution in [-0.2, 0) is 13.6 Å². The van der Waals surface area contributed by atoms with E-state index in [9.17, 15) is 4.57 Å². The maximum Gasteiger partial charge on any atom is 0.375 e. The van der Waals surface area contributed by atoms with Crippen LogP contribution in [0.1, 0.15) is 13.8 Å². The first kappa shape index (κ1) is 9.73. The molecule has 0 aliphatic rings. The fraction of sp³-hybridized carbons (Fsp3) is 0.667. The molecule has 1 unspecified atom stereocenters. The highest BCUT2D eigenvalue weighted by atomic mass is 31.2. The molecule has 0 saturated carbocycles. The summed E-state index contributed by atoms with van der Waals surface area (Å²) in [4.78, 5) is 0. The van der Waals surface area contributed by atoms with Crippen molar-refractivity contribution in [2.45, 2.75) is 13.8 Å². The molecule has 0 aliphatic carbocycles. The highest BCUT2D eigenvalue weighted by Crippen LogP contribution is 2.45. The van der Waals surface area contributed by atoms with Crippen LogP contribution in [0.15, 0.2) is 12.3 Å². The van der Waals surface area contributed by atoms with E-state index in [1.807, 2.05) is 0 Å². The lowest BCUT2D eigenvalue weighted by molar-refractivity contribution is 0.256. The van der Waals surface area contributed by atoms with Crippen molar-refractivity contribution in [2.75, 3.05) is 13.3 Å². The molecule has 60 valence electrons. The van der Waals surface area contributed by atoms with Crippen LogP contribution in [0.5, 0.6) is 0 Å². The van der Waals surface area contributed by atoms with E-state index in [4.69, 9.17) is 9.05 Å². The van der Waals surface area contributed by atoms with Gasteiger partial charge >= 0.3 is 7.60 Å². The Morgan fingerprint density at radius 2 is 2.20 bits per heavy atom. The van der Waals surface area contributed by atoms with Gasteiger partial charge in [-0.3, -0.25) is 0 Å². The first-order valence-electron chi connectivity index (χ1n) is 3.05. The van der Waals surface area contributed by atoms with Gasteiger partial charge in [0.1, 0.15) is 0 Å². The molecule has 0 heterocycles. The molecule has 0 aromatic carbocycles. The van der Waals surface area contributed by atoms with Crippen molar-refractivity contribution < 1.29 is 13.6 Å². The summed E-state index contributed by atoms with van der Waals surface area (Å²) in [5.41, 5.74) is 0. The molecule has 0 saturated heterocycles. The first-order valence-corrected chi connectivity index (χ1v) is 5.04. The fourth-order valence-corrected chi connectivity index (χ4v) is 1.63. The molecule has 1 atom stereocenters. The van der Waals surface area contributed by atoms with E-state index in [1.165, 1.54) is 6.66 Å². The second-order valence-corrected chi connectivity index (χ2v) is 3.97. The van der Waals surface area contributed by atoms with Crippen molar-refractivity contribution in [3.8, 4) is 0 Å². The third kappa shape index (κ3) is 4.59. The summed E-state index contributed by atoms with van der Waals surface area (Å²) in [5.74, 6) is 0.416. The molecule has 0 bridgehead atoms. The summed E-state index contributed by atoms with van der Waals surface area (Å²) in [6.45, 7) is 8.66. The average molecular weight is 164 g/mol. The number of hydrogen-bond donors (Lipinski definition) is 0. The SMILES string of the molecule is C=C(C)OP(C)(=O)OCC. The van der Waals surface area contributed by atoms with Crippen molar-refractivity contribution in [2.24, 2.45) is 0 Å². The number of allylic oxidation sites excluding steroid dienone is 1. The minimum atomic E-state index is -2.85. The summed E-state index contributed by atoms with van der Waals surface area (Å²) in [6.07, 6.45) is 0. The van der Waals surface area contributed by atoms with Gasteiger partial charge in [0, 0.05) is 6.66 Å². The molecular formula is C6H13O3P. The Labute approximate surface area is 61.6 Å². The molecule has 3 nitrogen and oxygen atoms in total. The van der Waals surface area contributed by atoms with Gasteiger partial charge in [0.15, 0.2) is 0 Å². The van der Waals surface area contributed by atoms with Crippen molar-refractivity contribution in [1.29, 1.82) is 0 Å². The van der Waals surface area contributed by atoms with Gasteiger partial charge in [-0.25, -0.2) is 4.57 Å². The molecule has 0 fully saturated rings. The molecule has 0 N–H and O–H groups in total. The van der Waals surface area contributed by atoms with Crippen LogP contribution >= 0.6 is 7.60 Å². The lowest BCUT2D eigenvalue weighted by Gasteiger charge is -2.12. The maximum atomic E-state index is 11.1. The lowest BCUT2D eigenvalue weighted by Crippen LogP contribution is -1.91. The summed E-state index contributed by atoms with van der Waals surface area (Å²) < 4.78 is 20.7. The third-order valence-corrected chi connectivity index (χ3v) is 2.06. The molecule has 0 radical (unpaired) electrons. The van der Waals surface area contributed by atoms with Crippen molar-refractivity contribution >= 4 is 7.60 Å². The largest absolute Gasteiger partial charge is 0.430 e. The first-order chi connectivity index (χ1) is 4.48. The zero-order valence-corrected chi connectivity index (χ0v) is 7.48. The second-order valence-electron chi connectivity index (χ2n) is 1.98. The highest BCUT2D eigenvalue weighted by Gasteiger charge is 2.15. The van der Waals surface area contributed by atoms with E-state index in [-0.39, 0.29) is 0 Å². The molecule has 0 rings (SSSR count). The molecule has 0 aromatic heterocycles. The van der Waals surface area contributed by atoms with Gasteiger partial charge in [-0.2, -0.15) is 0 Å². The zero-order chi connectivity index (χ0) is 8.20. The molecule has 4 heteroatoms. The summed E-state index contributed by atoms with van der Waals surface area (Å²) in [5, 5.41) is 0. The van der Waals surface area contributed by atoms with Crippen molar-refractivity contribution in [3.05, 3.63) is 12.3 Å². The van der Waals surface area contributed by atoms with Gasteiger partial charge < -0.3 is 9.05 Å². The van der Waals surface area contributed by atoms with E-state index in [1.54, 1.807) is 13.8 Å². The smallest absolute Gasteiger partial charge is 0.375 e. The molecule has 0 amide bonds. The molecule has 0 spiro atoms. The number of rotatable bonds is 4. The zero-order valence-electron chi connectivity index (χ0n) is 6.59. The van der Waals surface area contributed by atoms with Gasteiger partial charge in [-0.15, -0.1) is 0 Å². The van der Waals surface area contributed by atoms with Gasteiger partial charge in [-0.05, 0) is 13.8 Å². The number of hydrogen-bond acceptors (Lipinski definition) is 3. The Kier molecular flexibility index (Phi) is 3.69. The maximum absolute atomic E-state index is 11.1. The predicted octanol–water partition coefficient (Wildman–Crippen LogP) is 2.40. The van der Waals surface area contributed by atoms with Gasteiger partial charge in [-0.1, -0.05) is 6.58 Å². The minimum Gasteiger partial charge on any atom is -0.430 e. The van der Waals surface area contributed by atoms with Gasteiger partial charge in [0.25, 0.3) is 0 Å². The standard InChI is InChI=1S/C6H13O3P/c1-5-8-10(4,7)9-6(2)3/h2,5H2,1,3-4H3. The Morgan fingerprint density at radius 1 is 1.70 bits per heavy atom. The fourth-order valence-electron chi connectivity index (χ4n) is 0.544. The van der Waals surface area contributed by atoms with Crippen LogP contribution in [-0.4, -0.2) is 13.3 Å². The van der Waals surface area contributed by atoms with Crippen LogP contribution in [0.25, 0.3) is 0 Å². The van der Waals surface area contributed by atoms with Crippen LogP contribution in [0.4, 0.5) is 0 Å². The Morgan fingerprint density at radius 3 is 2.50 bits per heavy atom. The summed E-state index contributed by atoms with van der Waals surface area (Å²) >= 11 is 0. The van der Waals surface area contributed by atoms with Crippen molar-refractivity contribution in [3.63, 3.8) is 0 Å². The Balaban J connectivity index is 3.87. The van der Waals surface area contributed by atoms with E-state index < -0.39 is 7.60 Å². The summed E-state index contributed by atoms with van der Waals surface area (Å²) in [6, 6.07) is 0. The van der Waals surface area contributed by atoms with Crippen molar-refractivity contribution in [1.82, 2.24) is 0 Å². The van der Waals surface area contributed by atoms with Crippen LogP contribution in [0, 0.1) is 0 Å². The minimum absolute atomic E-state index is 0.390. The van der Waals surface area contributed by atoms with E-state index in [0.717, 1.165) is 0 Å².